The van der Waals surface area contributed by atoms with Gasteiger partial charge in [-0.25, -0.2) is 4.98 Å². The van der Waals surface area contributed by atoms with Crippen LogP contribution in [-0.4, -0.2) is 22.6 Å². The molecule has 0 radical (unpaired) electrons. The molecule has 1 heterocycles. The van der Waals surface area contributed by atoms with Crippen LogP contribution in [0.2, 0.25) is 0 Å². The van der Waals surface area contributed by atoms with Crippen molar-refractivity contribution < 1.29 is 9.53 Å². The van der Waals surface area contributed by atoms with Crippen molar-refractivity contribution in [1.29, 1.82) is 0 Å². The lowest BCUT2D eigenvalue weighted by atomic mass is 10.2. The van der Waals surface area contributed by atoms with Crippen LogP contribution >= 0.6 is 28.1 Å². The van der Waals surface area contributed by atoms with Crippen molar-refractivity contribution in [3.8, 4) is 5.75 Å². The number of halogens is 1. The van der Waals surface area contributed by atoms with Gasteiger partial charge in [-0.1, -0.05) is 22.0 Å². The molecular weight excluding hydrogens is 366 g/mol. The van der Waals surface area contributed by atoms with Crippen LogP contribution in [0.3, 0.4) is 0 Å². The highest BCUT2D eigenvalue weighted by Gasteiger charge is 2.07. The second-order valence-corrected chi connectivity index (χ2v) is 5.68. The number of hydrogen-bond acceptors (Lipinski definition) is 4. The number of thiocarbonyl (C=S) groups is 1. The topological polar surface area (TPSA) is 63.2 Å². The fourth-order valence-corrected chi connectivity index (χ4v) is 2.07. The molecule has 1 aromatic carbocycles. The molecule has 0 saturated heterocycles. The Balaban J connectivity index is 1.80. The van der Waals surface area contributed by atoms with E-state index in [1.165, 1.54) is 0 Å². The number of nitrogens with zero attached hydrogens (tertiary/aromatic N) is 1. The van der Waals surface area contributed by atoms with Crippen LogP contribution in [-0.2, 0) is 4.79 Å². The first-order chi connectivity index (χ1) is 10.5. The van der Waals surface area contributed by atoms with E-state index in [9.17, 15) is 4.79 Å². The highest BCUT2D eigenvalue weighted by Crippen LogP contribution is 2.21. The van der Waals surface area contributed by atoms with Crippen LogP contribution in [0.1, 0.15) is 5.56 Å². The van der Waals surface area contributed by atoms with Crippen molar-refractivity contribution in [2.24, 2.45) is 0 Å². The number of carbonyl (C=O) groups excluding carboxylic acids is 1. The largest absolute Gasteiger partial charge is 0.484 e. The molecule has 0 atom stereocenters. The molecule has 114 valence electrons. The van der Waals surface area contributed by atoms with Gasteiger partial charge in [0.1, 0.15) is 11.6 Å². The summed E-state index contributed by atoms with van der Waals surface area (Å²) in [4.78, 5) is 15.8. The fourth-order valence-electron chi connectivity index (χ4n) is 1.60. The van der Waals surface area contributed by atoms with Gasteiger partial charge in [-0.2, -0.15) is 0 Å². The summed E-state index contributed by atoms with van der Waals surface area (Å²) in [6.07, 6.45) is 1.63. The van der Waals surface area contributed by atoms with E-state index >= 15 is 0 Å². The summed E-state index contributed by atoms with van der Waals surface area (Å²) in [5.74, 6) is 0.853. The maximum atomic E-state index is 11.8. The maximum Gasteiger partial charge on any atom is 0.264 e. The average molecular weight is 380 g/mol. The molecule has 0 fully saturated rings. The molecule has 0 aliphatic heterocycles. The van der Waals surface area contributed by atoms with Crippen molar-refractivity contribution in [1.82, 2.24) is 10.3 Å². The van der Waals surface area contributed by atoms with E-state index in [4.69, 9.17) is 17.0 Å². The number of nitrogens with one attached hydrogen (secondary N) is 2. The standard InChI is InChI=1S/C15H14BrN3O2S/c1-10-8-11(5-6-12(10)16)21-9-14(20)19-15(22)18-13-4-2-3-7-17-13/h2-8H,9H2,1H3,(H2,17,18,19,20,22). The monoisotopic (exact) mass is 379 g/mol. The number of benzene rings is 1. The minimum absolute atomic E-state index is 0.120. The molecule has 0 spiro atoms. The van der Waals surface area contributed by atoms with Gasteiger partial charge in [0.2, 0.25) is 0 Å². The normalized spacial score (nSPS) is 9.91. The van der Waals surface area contributed by atoms with Crippen LogP contribution in [0.5, 0.6) is 5.75 Å². The molecule has 0 aliphatic rings. The quantitative estimate of drug-likeness (QED) is 0.799. The van der Waals surface area contributed by atoms with Crippen LogP contribution < -0.4 is 15.4 Å². The lowest BCUT2D eigenvalue weighted by Crippen LogP contribution is -2.37. The maximum absolute atomic E-state index is 11.8. The molecule has 5 nitrogen and oxygen atoms in total. The molecule has 0 bridgehead atoms. The molecule has 7 heteroatoms. The summed E-state index contributed by atoms with van der Waals surface area (Å²) >= 11 is 8.44. The van der Waals surface area contributed by atoms with Gasteiger partial charge in [-0.3, -0.25) is 10.1 Å². The van der Waals surface area contributed by atoms with Crippen LogP contribution in [0.4, 0.5) is 5.82 Å². The third-order valence-corrected chi connectivity index (χ3v) is 3.75. The summed E-state index contributed by atoms with van der Waals surface area (Å²) < 4.78 is 6.41. The van der Waals surface area contributed by atoms with Gasteiger partial charge in [0, 0.05) is 10.7 Å². The zero-order chi connectivity index (χ0) is 15.9. The number of amides is 1. The Labute approximate surface area is 142 Å². The first kappa shape index (κ1) is 16.4. The number of carbonyl (C=O) groups is 1. The predicted octanol–water partition coefficient (Wildman–Crippen LogP) is 3.04. The van der Waals surface area contributed by atoms with E-state index in [0.717, 1.165) is 10.0 Å². The van der Waals surface area contributed by atoms with Gasteiger partial charge in [0.15, 0.2) is 11.7 Å². The fraction of sp³-hybridized carbons (Fsp3) is 0.133. The lowest BCUT2D eigenvalue weighted by molar-refractivity contribution is -0.121. The Morgan fingerprint density at radius 1 is 1.36 bits per heavy atom. The lowest BCUT2D eigenvalue weighted by Gasteiger charge is -2.10. The van der Waals surface area contributed by atoms with Gasteiger partial charge in [0.05, 0.1) is 0 Å². The van der Waals surface area contributed by atoms with Gasteiger partial charge >= 0.3 is 0 Å². The smallest absolute Gasteiger partial charge is 0.264 e. The van der Waals surface area contributed by atoms with E-state index < -0.39 is 0 Å². The second kappa shape index (κ2) is 7.86. The highest BCUT2D eigenvalue weighted by atomic mass is 79.9. The Morgan fingerprint density at radius 3 is 2.86 bits per heavy atom. The van der Waals surface area contributed by atoms with Crippen LogP contribution in [0, 0.1) is 6.92 Å². The summed E-state index contributed by atoms with van der Waals surface area (Å²) in [7, 11) is 0. The number of pyridine rings is 1. The predicted molar refractivity (Wildman–Crippen MR) is 93.0 cm³/mol. The Hall–Kier alpha value is -1.99. The number of aromatic nitrogens is 1. The molecule has 2 rings (SSSR count). The van der Waals surface area contributed by atoms with Crippen LogP contribution in [0.15, 0.2) is 47.1 Å². The molecule has 0 aliphatic carbocycles. The third kappa shape index (κ3) is 5.09. The van der Waals surface area contributed by atoms with Crippen molar-refractivity contribution in [3.05, 3.63) is 52.6 Å². The zero-order valence-corrected chi connectivity index (χ0v) is 14.2. The highest BCUT2D eigenvalue weighted by molar-refractivity contribution is 9.10. The minimum atomic E-state index is -0.339. The Morgan fingerprint density at radius 2 is 2.18 bits per heavy atom. The molecule has 0 saturated carbocycles. The Bertz CT molecular complexity index is 680. The first-order valence-electron chi connectivity index (χ1n) is 6.45. The summed E-state index contributed by atoms with van der Waals surface area (Å²) in [6.45, 7) is 1.83. The molecule has 2 N–H and O–H groups in total. The van der Waals surface area contributed by atoms with Gasteiger partial charge in [0.25, 0.3) is 5.91 Å². The van der Waals surface area contributed by atoms with Gasteiger partial charge in [-0.15, -0.1) is 0 Å². The zero-order valence-electron chi connectivity index (χ0n) is 11.8. The van der Waals surface area contributed by atoms with Crippen molar-refractivity contribution in [3.63, 3.8) is 0 Å². The molecule has 22 heavy (non-hydrogen) atoms. The number of rotatable bonds is 4. The molecule has 1 aromatic heterocycles. The van der Waals surface area contributed by atoms with E-state index in [-0.39, 0.29) is 17.6 Å². The van der Waals surface area contributed by atoms with Gasteiger partial charge < -0.3 is 10.1 Å². The first-order valence-corrected chi connectivity index (χ1v) is 7.65. The second-order valence-electron chi connectivity index (χ2n) is 4.42. The molecule has 0 unspecified atom stereocenters. The molecule has 1 amide bonds. The van der Waals surface area contributed by atoms with E-state index in [2.05, 4.69) is 31.5 Å². The number of anilines is 1. The van der Waals surface area contributed by atoms with E-state index in [0.29, 0.717) is 11.6 Å². The third-order valence-electron chi connectivity index (χ3n) is 2.66. The summed E-state index contributed by atoms with van der Waals surface area (Å²) in [5, 5.41) is 5.53. The van der Waals surface area contributed by atoms with Gasteiger partial charge in [-0.05, 0) is 55.0 Å². The number of ether oxygens (including phenoxy) is 1. The van der Waals surface area contributed by atoms with E-state index in [1.54, 1.807) is 24.4 Å². The average Bonchev–Trinajstić information content (AvgIpc) is 2.49. The summed E-state index contributed by atoms with van der Waals surface area (Å²) in [5.41, 5.74) is 1.03. The summed E-state index contributed by atoms with van der Waals surface area (Å²) in [6, 6.07) is 10.9. The van der Waals surface area contributed by atoms with Crippen molar-refractivity contribution >= 4 is 45.0 Å². The SMILES string of the molecule is Cc1cc(OCC(=O)NC(=S)Nc2ccccn2)ccc1Br. The minimum Gasteiger partial charge on any atom is -0.484 e. The Kier molecular flexibility index (Phi) is 5.85. The number of hydrogen-bond donors (Lipinski definition) is 2. The molecular formula is C15H14BrN3O2S. The van der Waals surface area contributed by atoms with Crippen molar-refractivity contribution in [2.45, 2.75) is 6.92 Å². The van der Waals surface area contributed by atoms with E-state index in [1.807, 2.05) is 25.1 Å². The van der Waals surface area contributed by atoms with Crippen molar-refractivity contribution in [2.75, 3.05) is 11.9 Å². The number of aryl methyl sites for hydroxylation is 1. The molecule has 2 aromatic rings. The van der Waals surface area contributed by atoms with Crippen LogP contribution in [0.25, 0.3) is 0 Å².